The highest BCUT2D eigenvalue weighted by molar-refractivity contribution is 5.76. The third-order valence-electron chi connectivity index (χ3n) is 6.36. The molecule has 2 heterocycles. The summed E-state index contributed by atoms with van der Waals surface area (Å²) in [6.45, 7) is 5.93. The van der Waals surface area contributed by atoms with Crippen molar-refractivity contribution in [1.29, 1.82) is 0 Å². The molecule has 6 nitrogen and oxygen atoms in total. The van der Waals surface area contributed by atoms with Gasteiger partial charge in [0.05, 0.1) is 11.8 Å². The van der Waals surface area contributed by atoms with Crippen molar-refractivity contribution in [3.63, 3.8) is 0 Å². The monoisotopic (exact) mass is 383 g/mol. The zero-order valence-electron chi connectivity index (χ0n) is 16.6. The molecule has 4 rings (SSSR count). The van der Waals surface area contributed by atoms with E-state index in [4.69, 9.17) is 0 Å². The van der Waals surface area contributed by atoms with E-state index in [2.05, 4.69) is 36.0 Å². The van der Waals surface area contributed by atoms with Crippen LogP contribution in [0.15, 0.2) is 30.6 Å². The molecule has 1 aliphatic carbocycles. The third kappa shape index (κ3) is 3.59. The molecular weight excluding hydrogens is 354 g/mol. The number of aryl methyl sites for hydroxylation is 2. The van der Waals surface area contributed by atoms with Crippen LogP contribution in [0.2, 0.25) is 0 Å². The minimum atomic E-state index is -1.05. The van der Waals surface area contributed by atoms with Crippen LogP contribution in [0.4, 0.5) is 0 Å². The van der Waals surface area contributed by atoms with Crippen molar-refractivity contribution in [2.75, 3.05) is 13.1 Å². The second kappa shape index (κ2) is 7.33. The van der Waals surface area contributed by atoms with Crippen LogP contribution >= 0.6 is 0 Å². The smallest absolute Gasteiger partial charge is 0.313 e. The fraction of sp³-hybridized carbons (Fsp3) is 0.545. The van der Waals surface area contributed by atoms with E-state index < -0.39 is 17.5 Å². The van der Waals surface area contributed by atoms with Gasteiger partial charge in [-0.1, -0.05) is 18.9 Å². The maximum Gasteiger partial charge on any atom is 0.313 e. The number of aromatic nitrogens is 2. The number of rotatable bonds is 6. The molecular formula is C22H29N3O3. The molecule has 2 N–H and O–H groups in total. The van der Waals surface area contributed by atoms with Gasteiger partial charge in [0.25, 0.3) is 0 Å². The lowest BCUT2D eigenvalue weighted by Crippen LogP contribution is -2.56. The van der Waals surface area contributed by atoms with Crippen LogP contribution in [0.3, 0.4) is 0 Å². The predicted molar refractivity (Wildman–Crippen MR) is 106 cm³/mol. The van der Waals surface area contributed by atoms with Gasteiger partial charge in [0.1, 0.15) is 5.41 Å². The van der Waals surface area contributed by atoms with Crippen molar-refractivity contribution in [3.8, 4) is 5.69 Å². The first-order valence-corrected chi connectivity index (χ1v) is 10.1. The zero-order valence-corrected chi connectivity index (χ0v) is 16.6. The maximum atomic E-state index is 12.2. The zero-order chi connectivity index (χ0) is 19.9. The summed E-state index contributed by atoms with van der Waals surface area (Å²) in [4.78, 5) is 14.4. The fourth-order valence-electron chi connectivity index (χ4n) is 4.65. The molecule has 1 saturated carbocycles. The first-order valence-electron chi connectivity index (χ1n) is 10.1. The molecule has 2 aliphatic rings. The van der Waals surface area contributed by atoms with Gasteiger partial charge >= 0.3 is 5.97 Å². The highest BCUT2D eigenvalue weighted by atomic mass is 16.4. The first-order chi connectivity index (χ1) is 13.4. The summed E-state index contributed by atoms with van der Waals surface area (Å²) in [7, 11) is 0. The average molecular weight is 383 g/mol. The van der Waals surface area contributed by atoms with Crippen LogP contribution in [0.25, 0.3) is 5.69 Å². The van der Waals surface area contributed by atoms with E-state index in [1.807, 2.05) is 16.9 Å². The van der Waals surface area contributed by atoms with Gasteiger partial charge in [-0.25, -0.2) is 4.68 Å². The van der Waals surface area contributed by atoms with Gasteiger partial charge in [0, 0.05) is 32.0 Å². The van der Waals surface area contributed by atoms with E-state index in [1.54, 1.807) is 6.20 Å². The number of hydrogen-bond acceptors (Lipinski definition) is 4. The van der Waals surface area contributed by atoms with Gasteiger partial charge < -0.3 is 10.2 Å². The van der Waals surface area contributed by atoms with Gasteiger partial charge in [-0.2, -0.15) is 5.10 Å². The molecule has 0 bridgehead atoms. The first kappa shape index (κ1) is 19.2. The molecule has 1 aromatic heterocycles. The van der Waals surface area contributed by atoms with E-state index in [0.717, 1.165) is 24.1 Å². The molecule has 1 aliphatic heterocycles. The number of carbonyl (C=O) groups is 1. The lowest BCUT2D eigenvalue weighted by molar-refractivity contribution is -0.165. The molecule has 6 heteroatoms. The summed E-state index contributed by atoms with van der Waals surface area (Å²) in [6.07, 6.45) is 6.19. The molecule has 0 unspecified atom stereocenters. The summed E-state index contributed by atoms with van der Waals surface area (Å²) in [5.41, 5.74) is 3.51. The van der Waals surface area contributed by atoms with Gasteiger partial charge in [-0.15, -0.1) is 0 Å². The highest BCUT2D eigenvalue weighted by Crippen LogP contribution is 2.45. The number of likely N-dealkylation sites (tertiary alicyclic amines) is 1. The quantitative estimate of drug-likeness (QED) is 0.802. The molecule has 28 heavy (non-hydrogen) atoms. The maximum absolute atomic E-state index is 12.2. The van der Waals surface area contributed by atoms with Crippen molar-refractivity contribution in [2.24, 2.45) is 11.3 Å². The van der Waals surface area contributed by atoms with E-state index in [1.165, 1.54) is 11.1 Å². The van der Waals surface area contributed by atoms with Crippen LogP contribution in [0, 0.1) is 25.2 Å². The van der Waals surface area contributed by atoms with Crippen molar-refractivity contribution in [2.45, 2.75) is 52.2 Å². The molecule has 0 spiro atoms. The topological polar surface area (TPSA) is 78.6 Å². The van der Waals surface area contributed by atoms with E-state index in [9.17, 15) is 15.0 Å². The Hall–Kier alpha value is -2.18. The van der Waals surface area contributed by atoms with E-state index in [-0.39, 0.29) is 0 Å². The van der Waals surface area contributed by atoms with E-state index in [0.29, 0.717) is 38.4 Å². The Morgan fingerprint density at radius 1 is 1.29 bits per heavy atom. The number of carboxylic acid groups (broad SMARTS) is 1. The summed E-state index contributed by atoms with van der Waals surface area (Å²) < 4.78 is 1.88. The Morgan fingerprint density at radius 2 is 2.07 bits per heavy atom. The van der Waals surface area contributed by atoms with Crippen LogP contribution < -0.4 is 0 Å². The normalized spacial score (nSPS) is 25.8. The summed E-state index contributed by atoms with van der Waals surface area (Å²) in [5.74, 6) is -0.407. The Balaban J connectivity index is 1.63. The van der Waals surface area contributed by atoms with Gasteiger partial charge in [0.15, 0.2) is 0 Å². The van der Waals surface area contributed by atoms with Gasteiger partial charge in [-0.3, -0.25) is 9.69 Å². The number of aliphatic hydroxyl groups is 1. The number of carboxylic acids is 1. The summed E-state index contributed by atoms with van der Waals surface area (Å²) >= 11 is 0. The van der Waals surface area contributed by atoms with Crippen molar-refractivity contribution < 1.29 is 15.0 Å². The minimum absolute atomic E-state index is 0.395. The van der Waals surface area contributed by atoms with Crippen LogP contribution in [0.5, 0.6) is 0 Å². The fourth-order valence-corrected chi connectivity index (χ4v) is 4.65. The highest BCUT2D eigenvalue weighted by Gasteiger charge is 2.51. The summed E-state index contributed by atoms with van der Waals surface area (Å²) in [5, 5.41) is 25.0. The third-order valence-corrected chi connectivity index (χ3v) is 6.36. The second-order valence-electron chi connectivity index (χ2n) is 8.65. The number of piperidine rings is 1. The number of aliphatic hydroxyl groups excluding tert-OH is 1. The Bertz CT molecular complexity index is 860. The van der Waals surface area contributed by atoms with E-state index >= 15 is 0 Å². The number of nitrogens with zero attached hydrogens (tertiary/aromatic N) is 3. The molecule has 0 amide bonds. The standard InChI is InChI=1S/C22H29N3O3/c1-15-10-16(2)18(19(11-15)25-8-3-7-23-25)13-24-9-6-20(26)22(14-24,21(27)28)12-17-4-5-17/h3,7-8,10-11,17,20,26H,4-6,9,12-14H2,1-2H3,(H,27,28)/t20-,22-/m1/s1. The SMILES string of the molecule is Cc1cc(C)c(CN2CC[C@@H](O)[C@](CC3CC3)(C(=O)O)C2)c(-n2cccn2)c1. The molecule has 1 saturated heterocycles. The molecule has 0 radical (unpaired) electrons. The Kier molecular flexibility index (Phi) is 5.02. The van der Waals surface area contributed by atoms with Crippen LogP contribution in [-0.4, -0.2) is 50.1 Å². The van der Waals surface area contributed by atoms with Crippen molar-refractivity contribution >= 4 is 5.97 Å². The minimum Gasteiger partial charge on any atom is -0.481 e. The number of hydrogen-bond donors (Lipinski definition) is 2. The predicted octanol–water partition coefficient (Wildman–Crippen LogP) is 2.93. The van der Waals surface area contributed by atoms with Gasteiger partial charge in [0.2, 0.25) is 0 Å². The Morgan fingerprint density at radius 3 is 2.71 bits per heavy atom. The van der Waals surface area contributed by atoms with Crippen molar-refractivity contribution in [1.82, 2.24) is 14.7 Å². The lowest BCUT2D eigenvalue weighted by Gasteiger charge is -2.44. The Labute approximate surface area is 165 Å². The van der Waals surface area contributed by atoms with Gasteiger partial charge in [-0.05, 0) is 61.4 Å². The largest absolute Gasteiger partial charge is 0.481 e. The molecule has 2 atom stereocenters. The number of benzene rings is 1. The molecule has 2 aromatic rings. The van der Waals surface area contributed by atoms with Crippen LogP contribution in [0.1, 0.15) is 42.4 Å². The molecule has 2 fully saturated rings. The van der Waals surface area contributed by atoms with Crippen LogP contribution in [-0.2, 0) is 11.3 Å². The summed E-state index contributed by atoms with van der Waals surface area (Å²) in [6, 6.07) is 6.20. The molecule has 150 valence electrons. The lowest BCUT2D eigenvalue weighted by atomic mass is 9.73. The number of aliphatic carboxylic acids is 1. The second-order valence-corrected chi connectivity index (χ2v) is 8.65. The average Bonchev–Trinajstić information content (AvgIpc) is 3.28. The van der Waals surface area contributed by atoms with Crippen molar-refractivity contribution in [3.05, 3.63) is 47.3 Å². The molecule has 1 aromatic carbocycles.